The molecule has 0 aromatic carbocycles. The van der Waals surface area contributed by atoms with Gasteiger partial charge in [-0.2, -0.15) is 30.2 Å². The number of carbonyl (C=O) groups is 1. The summed E-state index contributed by atoms with van der Waals surface area (Å²) in [5.41, 5.74) is 0. The minimum atomic E-state index is -4.44. The lowest BCUT2D eigenvalue weighted by molar-refractivity contribution is -0.139. The molecule has 0 aromatic rings. The average molecular weight is 400 g/mol. The van der Waals surface area contributed by atoms with E-state index in [1.807, 2.05) is 5.32 Å². The lowest BCUT2D eigenvalue weighted by Gasteiger charge is -2.38. The molecule has 0 spiro atoms. The molecule has 2 aliphatic rings. The Kier molecular flexibility index (Phi) is 7.28. The van der Waals surface area contributed by atoms with Gasteiger partial charge in [0, 0.05) is 39.3 Å². The predicted octanol–water partition coefficient (Wildman–Crippen LogP) is 0.792. The van der Waals surface area contributed by atoms with E-state index in [2.05, 4.69) is 0 Å². The van der Waals surface area contributed by atoms with Gasteiger partial charge in [0.2, 0.25) is 5.91 Å². The van der Waals surface area contributed by atoms with Gasteiger partial charge in [-0.15, -0.1) is 0 Å². The highest BCUT2D eigenvalue weighted by Gasteiger charge is 2.35. The minimum Gasteiger partial charge on any atom is -0.346 e. The maximum absolute atomic E-state index is 12.8. The third-order valence-corrected chi connectivity index (χ3v) is 7.01. The lowest BCUT2D eigenvalue weighted by atomic mass is 9.96. The Morgan fingerprint density at radius 2 is 1.69 bits per heavy atom. The first-order valence-corrected chi connectivity index (χ1v) is 10.3. The number of rotatable bonds is 6. The Morgan fingerprint density at radius 1 is 1.12 bits per heavy atom. The van der Waals surface area contributed by atoms with Gasteiger partial charge in [0.05, 0.1) is 6.54 Å². The number of hydrogen-bond acceptors (Lipinski definition) is 4. The number of amides is 1. The Hall–Kier alpha value is -0.910. The van der Waals surface area contributed by atoms with Gasteiger partial charge in [-0.25, -0.2) is 0 Å². The SMILES string of the molecule is CN(C1CCCCC1)S(=O)(=O)N1CCN(CC(=O)NCC(F)(F)F)CC1. The summed E-state index contributed by atoms with van der Waals surface area (Å²) in [4.78, 5) is 13.2. The van der Waals surface area contributed by atoms with Crippen LogP contribution in [0.4, 0.5) is 13.2 Å². The van der Waals surface area contributed by atoms with Crippen LogP contribution in [0.3, 0.4) is 0 Å². The molecule has 1 amide bonds. The van der Waals surface area contributed by atoms with Crippen LogP contribution >= 0.6 is 0 Å². The van der Waals surface area contributed by atoms with Crippen LogP contribution in [0.1, 0.15) is 32.1 Å². The van der Waals surface area contributed by atoms with Crippen LogP contribution in [0.2, 0.25) is 0 Å². The molecular weight excluding hydrogens is 373 g/mol. The number of carbonyl (C=O) groups excluding carboxylic acids is 1. The Balaban J connectivity index is 1.80. The molecule has 11 heteroatoms. The van der Waals surface area contributed by atoms with Gasteiger partial charge >= 0.3 is 6.18 Å². The zero-order chi connectivity index (χ0) is 19.4. The molecule has 1 saturated heterocycles. The van der Waals surface area contributed by atoms with E-state index < -0.39 is 28.8 Å². The molecule has 2 rings (SSSR count). The van der Waals surface area contributed by atoms with Crippen LogP contribution in [-0.2, 0) is 15.0 Å². The predicted molar refractivity (Wildman–Crippen MR) is 90.6 cm³/mol. The van der Waals surface area contributed by atoms with Crippen LogP contribution in [0.5, 0.6) is 0 Å². The summed E-state index contributed by atoms with van der Waals surface area (Å²) in [5, 5.41) is 1.83. The fourth-order valence-corrected chi connectivity index (χ4v) is 4.97. The third-order valence-electron chi connectivity index (χ3n) is 4.96. The van der Waals surface area contributed by atoms with Crippen LogP contribution in [-0.4, -0.2) is 86.4 Å². The molecule has 1 aliphatic carbocycles. The summed E-state index contributed by atoms with van der Waals surface area (Å²) >= 11 is 0. The van der Waals surface area contributed by atoms with E-state index in [0.717, 1.165) is 32.1 Å². The maximum atomic E-state index is 12.8. The van der Waals surface area contributed by atoms with Crippen molar-refractivity contribution in [3.8, 4) is 0 Å². The first-order chi connectivity index (χ1) is 12.1. The molecule has 0 atom stereocenters. The van der Waals surface area contributed by atoms with Crippen molar-refractivity contribution in [1.82, 2.24) is 18.8 Å². The molecule has 0 aromatic heterocycles. The van der Waals surface area contributed by atoms with Crippen molar-refractivity contribution in [3.63, 3.8) is 0 Å². The van der Waals surface area contributed by atoms with E-state index in [1.165, 1.54) is 8.61 Å². The largest absolute Gasteiger partial charge is 0.405 e. The van der Waals surface area contributed by atoms with E-state index in [0.29, 0.717) is 13.1 Å². The number of alkyl halides is 3. The second-order valence-corrected chi connectivity index (χ2v) is 8.87. The summed E-state index contributed by atoms with van der Waals surface area (Å²) in [6, 6.07) is 0.0277. The summed E-state index contributed by atoms with van der Waals surface area (Å²) in [6.07, 6.45) is 0.506. The van der Waals surface area contributed by atoms with Crippen molar-refractivity contribution >= 4 is 16.1 Å². The first kappa shape index (κ1) is 21.4. The quantitative estimate of drug-likeness (QED) is 0.716. The molecule has 0 unspecified atom stereocenters. The zero-order valence-corrected chi connectivity index (χ0v) is 15.8. The molecule has 1 saturated carbocycles. The number of halogens is 3. The average Bonchev–Trinajstić information content (AvgIpc) is 2.60. The highest BCUT2D eigenvalue weighted by molar-refractivity contribution is 7.86. The highest BCUT2D eigenvalue weighted by atomic mass is 32.2. The van der Waals surface area contributed by atoms with Crippen molar-refractivity contribution < 1.29 is 26.4 Å². The number of nitrogens with zero attached hydrogens (tertiary/aromatic N) is 3. The first-order valence-electron chi connectivity index (χ1n) is 8.88. The van der Waals surface area contributed by atoms with Gasteiger partial charge in [0.25, 0.3) is 10.2 Å². The van der Waals surface area contributed by atoms with Gasteiger partial charge in [-0.3, -0.25) is 9.69 Å². The zero-order valence-electron chi connectivity index (χ0n) is 15.0. The fourth-order valence-electron chi connectivity index (χ4n) is 3.39. The molecule has 2 fully saturated rings. The summed E-state index contributed by atoms with van der Waals surface area (Å²) in [5.74, 6) is -0.710. The van der Waals surface area contributed by atoms with Crippen LogP contribution < -0.4 is 5.32 Å². The molecule has 7 nitrogen and oxygen atoms in total. The maximum Gasteiger partial charge on any atom is 0.405 e. The summed E-state index contributed by atoms with van der Waals surface area (Å²) in [7, 11) is -1.94. The van der Waals surface area contributed by atoms with Crippen LogP contribution in [0.25, 0.3) is 0 Å². The third kappa shape index (κ3) is 6.07. The molecule has 0 bridgehead atoms. The second kappa shape index (κ2) is 8.85. The number of nitrogens with one attached hydrogen (secondary N) is 1. The standard InChI is InChI=1S/C15H27F3N4O3S/c1-20(13-5-3-2-4-6-13)26(24,25)22-9-7-21(8-10-22)11-14(23)19-12-15(16,17)18/h13H,2-12H2,1H3,(H,19,23). The molecule has 1 N–H and O–H groups in total. The Labute approximate surface area is 152 Å². The van der Waals surface area contributed by atoms with E-state index >= 15 is 0 Å². The molecule has 1 heterocycles. The van der Waals surface area contributed by atoms with Crippen molar-refractivity contribution in [1.29, 1.82) is 0 Å². The van der Waals surface area contributed by atoms with Gasteiger partial charge in [-0.1, -0.05) is 19.3 Å². The topological polar surface area (TPSA) is 73.0 Å². The number of hydrogen-bond donors (Lipinski definition) is 1. The minimum absolute atomic E-state index is 0.0277. The van der Waals surface area contributed by atoms with Crippen molar-refractivity contribution in [2.24, 2.45) is 0 Å². The molecular formula is C15H27F3N4O3S. The van der Waals surface area contributed by atoms with Crippen molar-refractivity contribution in [2.45, 2.75) is 44.3 Å². The van der Waals surface area contributed by atoms with E-state index in [1.54, 1.807) is 11.9 Å². The molecule has 0 radical (unpaired) electrons. The number of piperazine rings is 1. The van der Waals surface area contributed by atoms with Crippen LogP contribution in [0.15, 0.2) is 0 Å². The molecule has 26 heavy (non-hydrogen) atoms. The van der Waals surface area contributed by atoms with E-state index in [9.17, 15) is 26.4 Å². The van der Waals surface area contributed by atoms with Crippen LogP contribution in [0, 0.1) is 0 Å². The summed E-state index contributed by atoms with van der Waals surface area (Å²) in [6.45, 7) is -0.430. The molecule has 1 aliphatic heterocycles. The Morgan fingerprint density at radius 3 is 2.23 bits per heavy atom. The Bertz CT molecular complexity index is 571. The highest BCUT2D eigenvalue weighted by Crippen LogP contribution is 2.25. The van der Waals surface area contributed by atoms with E-state index in [-0.39, 0.29) is 25.7 Å². The molecule has 152 valence electrons. The normalized spacial score (nSPS) is 21.9. The van der Waals surface area contributed by atoms with Gasteiger partial charge in [0.1, 0.15) is 6.54 Å². The smallest absolute Gasteiger partial charge is 0.346 e. The lowest BCUT2D eigenvalue weighted by Crippen LogP contribution is -2.55. The van der Waals surface area contributed by atoms with Crippen molar-refractivity contribution in [3.05, 3.63) is 0 Å². The van der Waals surface area contributed by atoms with Gasteiger partial charge in [-0.05, 0) is 12.8 Å². The monoisotopic (exact) mass is 400 g/mol. The van der Waals surface area contributed by atoms with Gasteiger partial charge < -0.3 is 5.32 Å². The van der Waals surface area contributed by atoms with Crippen molar-refractivity contribution in [2.75, 3.05) is 46.3 Å². The van der Waals surface area contributed by atoms with E-state index in [4.69, 9.17) is 0 Å². The van der Waals surface area contributed by atoms with Gasteiger partial charge in [0.15, 0.2) is 0 Å². The summed E-state index contributed by atoms with van der Waals surface area (Å²) < 4.78 is 64.7. The second-order valence-electron chi connectivity index (χ2n) is 6.88. The fraction of sp³-hybridized carbons (Fsp3) is 0.933.